The monoisotopic (exact) mass is 238 g/mol. The van der Waals surface area contributed by atoms with Gasteiger partial charge in [0.15, 0.2) is 0 Å². The maximum absolute atomic E-state index is 11.2. The van der Waals surface area contributed by atoms with Gasteiger partial charge in [-0.1, -0.05) is 18.2 Å². The third-order valence-electron chi connectivity index (χ3n) is 2.36. The highest BCUT2D eigenvalue weighted by Gasteiger charge is 2.14. The van der Waals surface area contributed by atoms with Gasteiger partial charge in [-0.25, -0.2) is 0 Å². The zero-order valence-corrected chi connectivity index (χ0v) is 10.2. The van der Waals surface area contributed by atoms with E-state index in [1.54, 1.807) is 14.0 Å². The van der Waals surface area contributed by atoms with Crippen LogP contribution >= 0.6 is 0 Å². The maximum atomic E-state index is 11.2. The van der Waals surface area contributed by atoms with Crippen LogP contribution < -0.4 is 4.74 Å². The van der Waals surface area contributed by atoms with Crippen molar-refractivity contribution < 1.29 is 19.4 Å². The summed E-state index contributed by atoms with van der Waals surface area (Å²) in [5.74, 6) is 0.338. The number of carbonyl (C=O) groups excluding carboxylic acids is 1. The number of carbonyl (C=O) groups is 1. The Balaban J connectivity index is 2.55. The van der Waals surface area contributed by atoms with E-state index in [4.69, 9.17) is 9.47 Å². The SMILES string of the molecule is CCOC(=O)C[C@@H](O)Cc1ccccc1OC. The lowest BCUT2D eigenvalue weighted by Gasteiger charge is -2.12. The maximum Gasteiger partial charge on any atom is 0.308 e. The smallest absolute Gasteiger partial charge is 0.308 e. The van der Waals surface area contributed by atoms with Crippen LogP contribution in [0, 0.1) is 0 Å². The molecule has 0 aliphatic carbocycles. The molecule has 0 heterocycles. The van der Waals surface area contributed by atoms with Crippen LogP contribution in [-0.2, 0) is 16.0 Å². The predicted molar refractivity (Wildman–Crippen MR) is 64.0 cm³/mol. The third kappa shape index (κ3) is 4.44. The van der Waals surface area contributed by atoms with Crippen molar-refractivity contribution >= 4 is 5.97 Å². The van der Waals surface area contributed by atoms with Crippen molar-refractivity contribution in [3.05, 3.63) is 29.8 Å². The van der Waals surface area contributed by atoms with Gasteiger partial charge in [-0.2, -0.15) is 0 Å². The molecule has 4 nitrogen and oxygen atoms in total. The van der Waals surface area contributed by atoms with Crippen LogP contribution in [0.2, 0.25) is 0 Å². The van der Waals surface area contributed by atoms with Gasteiger partial charge in [-0.3, -0.25) is 4.79 Å². The van der Waals surface area contributed by atoms with Gasteiger partial charge < -0.3 is 14.6 Å². The van der Waals surface area contributed by atoms with E-state index in [1.165, 1.54) is 0 Å². The van der Waals surface area contributed by atoms with Crippen molar-refractivity contribution in [3.8, 4) is 5.75 Å². The summed E-state index contributed by atoms with van der Waals surface area (Å²) < 4.78 is 9.95. The van der Waals surface area contributed by atoms with E-state index in [-0.39, 0.29) is 12.4 Å². The normalized spacial score (nSPS) is 11.9. The van der Waals surface area contributed by atoms with Crippen LogP contribution in [0.25, 0.3) is 0 Å². The van der Waals surface area contributed by atoms with E-state index in [0.717, 1.165) is 11.3 Å². The minimum Gasteiger partial charge on any atom is -0.496 e. The van der Waals surface area contributed by atoms with E-state index in [9.17, 15) is 9.90 Å². The molecule has 0 saturated carbocycles. The van der Waals surface area contributed by atoms with Crippen LogP contribution in [0.1, 0.15) is 18.9 Å². The van der Waals surface area contributed by atoms with Crippen molar-refractivity contribution in [2.75, 3.05) is 13.7 Å². The highest BCUT2D eigenvalue weighted by atomic mass is 16.5. The molecule has 0 spiro atoms. The van der Waals surface area contributed by atoms with Gasteiger partial charge in [0.05, 0.1) is 26.2 Å². The fraction of sp³-hybridized carbons (Fsp3) is 0.462. The quantitative estimate of drug-likeness (QED) is 0.764. The average molecular weight is 238 g/mol. The molecule has 0 bridgehead atoms. The van der Waals surface area contributed by atoms with Gasteiger partial charge in [0.1, 0.15) is 5.75 Å². The number of aliphatic hydroxyl groups is 1. The molecule has 0 aliphatic rings. The number of benzene rings is 1. The highest BCUT2D eigenvalue weighted by Crippen LogP contribution is 2.19. The second-order valence-corrected chi connectivity index (χ2v) is 3.68. The number of para-hydroxylation sites is 1. The molecule has 0 fully saturated rings. The van der Waals surface area contributed by atoms with E-state index >= 15 is 0 Å². The van der Waals surface area contributed by atoms with Crippen molar-refractivity contribution in [2.45, 2.75) is 25.9 Å². The van der Waals surface area contributed by atoms with Crippen LogP contribution in [-0.4, -0.2) is 30.9 Å². The van der Waals surface area contributed by atoms with Gasteiger partial charge in [-0.15, -0.1) is 0 Å². The molecule has 0 radical (unpaired) electrons. The Labute approximate surface area is 101 Å². The Morgan fingerprint density at radius 3 is 2.76 bits per heavy atom. The first kappa shape index (κ1) is 13.5. The van der Waals surface area contributed by atoms with Crippen molar-refractivity contribution in [2.24, 2.45) is 0 Å². The van der Waals surface area contributed by atoms with E-state index < -0.39 is 6.10 Å². The summed E-state index contributed by atoms with van der Waals surface area (Å²) in [6.07, 6.45) is -0.361. The van der Waals surface area contributed by atoms with Crippen molar-refractivity contribution in [1.29, 1.82) is 0 Å². The van der Waals surface area contributed by atoms with Gasteiger partial charge in [0.2, 0.25) is 0 Å². The van der Waals surface area contributed by atoms with E-state index in [0.29, 0.717) is 13.0 Å². The largest absolute Gasteiger partial charge is 0.496 e. The molecule has 0 aromatic heterocycles. The molecule has 1 rings (SSSR count). The van der Waals surface area contributed by atoms with Gasteiger partial charge in [0, 0.05) is 6.42 Å². The summed E-state index contributed by atoms with van der Waals surface area (Å²) in [4.78, 5) is 11.2. The number of methoxy groups -OCH3 is 1. The zero-order valence-electron chi connectivity index (χ0n) is 10.2. The Hall–Kier alpha value is -1.55. The Morgan fingerprint density at radius 1 is 1.41 bits per heavy atom. The van der Waals surface area contributed by atoms with Crippen LogP contribution in [0.5, 0.6) is 5.75 Å². The Morgan fingerprint density at radius 2 is 2.12 bits per heavy atom. The molecule has 0 saturated heterocycles. The summed E-state index contributed by atoms with van der Waals surface area (Å²) in [5, 5.41) is 9.76. The van der Waals surface area contributed by atoms with E-state index in [2.05, 4.69) is 0 Å². The molecule has 0 amide bonds. The van der Waals surface area contributed by atoms with E-state index in [1.807, 2.05) is 24.3 Å². The summed E-state index contributed by atoms with van der Waals surface area (Å²) >= 11 is 0. The lowest BCUT2D eigenvalue weighted by Crippen LogP contribution is -2.18. The number of aliphatic hydroxyl groups excluding tert-OH is 1. The van der Waals surface area contributed by atoms with Gasteiger partial charge in [0.25, 0.3) is 0 Å². The molecule has 1 N–H and O–H groups in total. The number of esters is 1. The molecule has 17 heavy (non-hydrogen) atoms. The standard InChI is InChI=1S/C13H18O4/c1-3-17-13(15)9-11(14)8-10-6-4-5-7-12(10)16-2/h4-7,11,14H,3,8-9H2,1-2H3/t11-/m0/s1. The van der Waals surface area contributed by atoms with Crippen LogP contribution in [0.4, 0.5) is 0 Å². The van der Waals surface area contributed by atoms with Crippen LogP contribution in [0.15, 0.2) is 24.3 Å². The number of ether oxygens (including phenoxy) is 2. The third-order valence-corrected chi connectivity index (χ3v) is 2.36. The minimum absolute atomic E-state index is 0.00584. The van der Waals surface area contributed by atoms with Crippen LogP contribution in [0.3, 0.4) is 0 Å². The molecule has 94 valence electrons. The molecule has 0 aliphatic heterocycles. The second-order valence-electron chi connectivity index (χ2n) is 3.68. The lowest BCUT2D eigenvalue weighted by atomic mass is 10.0. The fourth-order valence-electron chi connectivity index (χ4n) is 1.61. The summed E-state index contributed by atoms with van der Waals surface area (Å²) in [5.41, 5.74) is 0.881. The molecule has 4 heteroatoms. The minimum atomic E-state index is -0.745. The molecule has 1 aromatic rings. The van der Waals surface area contributed by atoms with Gasteiger partial charge >= 0.3 is 5.97 Å². The first-order valence-corrected chi connectivity index (χ1v) is 5.63. The highest BCUT2D eigenvalue weighted by molar-refractivity contribution is 5.69. The molecular formula is C13H18O4. The fourth-order valence-corrected chi connectivity index (χ4v) is 1.61. The Kier molecular flexibility index (Phi) is 5.49. The Bertz CT molecular complexity index is 362. The number of hydrogen-bond donors (Lipinski definition) is 1. The topological polar surface area (TPSA) is 55.8 Å². The predicted octanol–water partition coefficient (Wildman–Crippen LogP) is 1.55. The number of rotatable bonds is 6. The van der Waals surface area contributed by atoms with Crippen molar-refractivity contribution in [1.82, 2.24) is 0 Å². The first-order chi connectivity index (χ1) is 8.17. The summed E-state index contributed by atoms with van der Waals surface area (Å²) in [7, 11) is 1.58. The average Bonchev–Trinajstić information content (AvgIpc) is 2.29. The van der Waals surface area contributed by atoms with Gasteiger partial charge in [-0.05, 0) is 18.6 Å². The lowest BCUT2D eigenvalue weighted by molar-refractivity contribution is -0.145. The second kappa shape index (κ2) is 6.91. The summed E-state index contributed by atoms with van der Waals surface area (Å²) in [6, 6.07) is 7.43. The zero-order chi connectivity index (χ0) is 12.7. The molecular weight excluding hydrogens is 220 g/mol. The first-order valence-electron chi connectivity index (χ1n) is 5.63. The molecule has 1 atom stereocenters. The molecule has 0 unspecified atom stereocenters. The van der Waals surface area contributed by atoms with Crippen molar-refractivity contribution in [3.63, 3.8) is 0 Å². The summed E-state index contributed by atoms with van der Waals surface area (Å²) in [6.45, 7) is 2.07. The number of hydrogen-bond acceptors (Lipinski definition) is 4. The molecule has 1 aromatic carbocycles.